The van der Waals surface area contributed by atoms with Crippen LogP contribution in [0.5, 0.6) is 0 Å². The lowest BCUT2D eigenvalue weighted by Crippen LogP contribution is -1.72. The van der Waals surface area contributed by atoms with Crippen LogP contribution in [-0.4, -0.2) is 12.4 Å². The molecule has 0 saturated carbocycles. The lowest BCUT2D eigenvalue weighted by atomic mass is 10.4. The second-order valence-electron chi connectivity index (χ2n) is 0.887. The van der Waals surface area contributed by atoms with Crippen LogP contribution in [0.25, 0.3) is 0 Å². The summed E-state index contributed by atoms with van der Waals surface area (Å²) in [6.07, 6.45) is 1.50. The summed E-state index contributed by atoms with van der Waals surface area (Å²) < 4.78 is 0. The van der Waals surface area contributed by atoms with Gasteiger partial charge in [0.15, 0.2) is 0 Å². The summed E-state index contributed by atoms with van der Waals surface area (Å²) in [6.45, 7) is 11.5. The zero-order valence-corrected chi connectivity index (χ0v) is 6.49. The summed E-state index contributed by atoms with van der Waals surface area (Å²) in [5, 5.41) is 12.1. The van der Waals surface area contributed by atoms with E-state index in [4.69, 9.17) is 10.8 Å². The zero-order chi connectivity index (χ0) is 8.28. The minimum atomic E-state index is 0.519. The SMILES string of the molecule is C=CC(C)=N.C=N.CC. The topological polar surface area (TPSA) is 47.7 Å². The first-order valence-corrected chi connectivity index (χ1v) is 2.80. The highest BCUT2D eigenvalue weighted by molar-refractivity contribution is 5.89. The highest BCUT2D eigenvalue weighted by atomic mass is 14.4. The summed E-state index contributed by atoms with van der Waals surface area (Å²) in [5.74, 6) is 0. The molecule has 0 unspecified atom stereocenters. The van der Waals surface area contributed by atoms with Gasteiger partial charge in [-0.15, -0.1) is 0 Å². The third-order valence-electron chi connectivity index (χ3n) is 0.306. The van der Waals surface area contributed by atoms with Gasteiger partial charge < -0.3 is 10.8 Å². The van der Waals surface area contributed by atoms with Crippen molar-refractivity contribution in [2.45, 2.75) is 20.8 Å². The van der Waals surface area contributed by atoms with Gasteiger partial charge in [-0.1, -0.05) is 20.4 Å². The van der Waals surface area contributed by atoms with Crippen molar-refractivity contribution in [1.82, 2.24) is 0 Å². The molecule has 0 aromatic rings. The van der Waals surface area contributed by atoms with Gasteiger partial charge in [-0.2, -0.15) is 0 Å². The molecule has 2 N–H and O–H groups in total. The number of nitrogens with one attached hydrogen (secondary N) is 2. The van der Waals surface area contributed by atoms with Crippen molar-refractivity contribution < 1.29 is 0 Å². The van der Waals surface area contributed by atoms with E-state index >= 15 is 0 Å². The van der Waals surface area contributed by atoms with Crippen molar-refractivity contribution in [3.63, 3.8) is 0 Å². The van der Waals surface area contributed by atoms with Gasteiger partial charge in [0.2, 0.25) is 0 Å². The van der Waals surface area contributed by atoms with Crippen molar-refractivity contribution in [3.8, 4) is 0 Å². The molecule has 0 amide bonds. The maximum atomic E-state index is 6.62. The van der Waals surface area contributed by atoms with Crippen molar-refractivity contribution in [2.75, 3.05) is 0 Å². The van der Waals surface area contributed by atoms with Crippen molar-refractivity contribution in [2.24, 2.45) is 0 Å². The van der Waals surface area contributed by atoms with E-state index in [1.807, 2.05) is 13.8 Å². The number of hydrogen-bond donors (Lipinski definition) is 2. The van der Waals surface area contributed by atoms with Crippen LogP contribution < -0.4 is 0 Å². The van der Waals surface area contributed by atoms with Gasteiger partial charge in [0.1, 0.15) is 0 Å². The Labute approximate surface area is 57.6 Å². The summed E-state index contributed by atoms with van der Waals surface area (Å²) in [4.78, 5) is 0. The Morgan fingerprint density at radius 1 is 1.33 bits per heavy atom. The third-order valence-corrected chi connectivity index (χ3v) is 0.306. The van der Waals surface area contributed by atoms with E-state index in [0.717, 1.165) is 0 Å². The van der Waals surface area contributed by atoms with E-state index in [9.17, 15) is 0 Å². The number of allylic oxidation sites excluding steroid dienone is 1. The molecule has 0 bridgehead atoms. The third kappa shape index (κ3) is 157. The highest BCUT2D eigenvalue weighted by Crippen LogP contribution is 1.62. The molecule has 0 aromatic carbocycles. The summed E-state index contributed by atoms with van der Waals surface area (Å²) in [6, 6.07) is 0. The average Bonchev–Trinajstić information content (AvgIpc) is 1.97. The van der Waals surface area contributed by atoms with E-state index in [0.29, 0.717) is 5.71 Å². The molecule has 0 spiro atoms. The molecule has 0 rings (SSSR count). The van der Waals surface area contributed by atoms with E-state index < -0.39 is 0 Å². The van der Waals surface area contributed by atoms with Crippen LogP contribution in [0, 0.1) is 10.8 Å². The molecule has 0 aliphatic heterocycles. The lowest BCUT2D eigenvalue weighted by Gasteiger charge is -1.69. The van der Waals surface area contributed by atoms with Crippen LogP contribution in [0.4, 0.5) is 0 Å². The summed E-state index contributed by atoms with van der Waals surface area (Å²) >= 11 is 0. The predicted octanol–water partition coefficient (Wildman–Crippen LogP) is 2.50. The van der Waals surface area contributed by atoms with Crippen molar-refractivity contribution in [1.29, 1.82) is 10.8 Å². The molecular weight excluding hydrogens is 112 g/mol. The summed E-state index contributed by atoms with van der Waals surface area (Å²) in [5.41, 5.74) is 0.519. The van der Waals surface area contributed by atoms with Gasteiger partial charge in [-0.05, 0) is 19.7 Å². The largest absolute Gasteiger partial charge is 0.317 e. The van der Waals surface area contributed by atoms with Crippen LogP contribution in [0.2, 0.25) is 0 Å². The predicted molar refractivity (Wildman–Crippen MR) is 44.8 cm³/mol. The van der Waals surface area contributed by atoms with Crippen LogP contribution >= 0.6 is 0 Å². The Morgan fingerprint density at radius 2 is 1.44 bits per heavy atom. The van der Waals surface area contributed by atoms with Crippen molar-refractivity contribution >= 4 is 12.4 Å². The van der Waals surface area contributed by atoms with Crippen LogP contribution in [0.15, 0.2) is 12.7 Å². The summed E-state index contributed by atoms with van der Waals surface area (Å²) in [7, 11) is 0. The first kappa shape index (κ1) is 15.7. The minimum Gasteiger partial charge on any atom is -0.317 e. The molecular formula is C7H16N2. The second-order valence-corrected chi connectivity index (χ2v) is 0.887. The fraction of sp³-hybridized carbons (Fsp3) is 0.429. The van der Waals surface area contributed by atoms with Gasteiger partial charge in [0.25, 0.3) is 0 Å². The molecule has 0 radical (unpaired) electrons. The molecule has 0 heterocycles. The monoisotopic (exact) mass is 128 g/mol. The first-order chi connectivity index (χ1) is 4.27. The quantitative estimate of drug-likeness (QED) is 0.510. The average molecular weight is 128 g/mol. The smallest absolute Gasteiger partial charge is 0.0277 e. The fourth-order valence-electron chi connectivity index (χ4n) is 0. The molecule has 2 heteroatoms. The number of rotatable bonds is 1. The van der Waals surface area contributed by atoms with Gasteiger partial charge in [-0.25, -0.2) is 0 Å². The Morgan fingerprint density at radius 3 is 1.44 bits per heavy atom. The van der Waals surface area contributed by atoms with E-state index in [1.54, 1.807) is 6.92 Å². The molecule has 2 nitrogen and oxygen atoms in total. The van der Waals surface area contributed by atoms with Gasteiger partial charge in [0.05, 0.1) is 0 Å². The fourth-order valence-corrected chi connectivity index (χ4v) is 0. The molecule has 0 atom stereocenters. The molecule has 0 aliphatic rings. The Balaban J connectivity index is -0.0000000771. The van der Waals surface area contributed by atoms with Gasteiger partial charge >= 0.3 is 0 Å². The van der Waals surface area contributed by atoms with Crippen molar-refractivity contribution in [3.05, 3.63) is 12.7 Å². The minimum absolute atomic E-state index is 0.519. The molecule has 0 aliphatic carbocycles. The maximum absolute atomic E-state index is 6.62. The molecule has 0 saturated heterocycles. The van der Waals surface area contributed by atoms with Gasteiger partial charge in [-0.3, -0.25) is 0 Å². The Hall–Kier alpha value is -0.920. The molecule has 0 aromatic heterocycles. The van der Waals surface area contributed by atoms with E-state index in [2.05, 4.69) is 13.3 Å². The van der Waals surface area contributed by atoms with E-state index in [1.165, 1.54) is 6.08 Å². The van der Waals surface area contributed by atoms with Crippen LogP contribution in [0.3, 0.4) is 0 Å². The zero-order valence-electron chi connectivity index (χ0n) is 6.49. The highest BCUT2D eigenvalue weighted by Gasteiger charge is 1.62. The first-order valence-electron chi connectivity index (χ1n) is 2.80. The van der Waals surface area contributed by atoms with E-state index in [-0.39, 0.29) is 0 Å². The maximum Gasteiger partial charge on any atom is 0.0277 e. The molecule has 9 heavy (non-hydrogen) atoms. The second kappa shape index (κ2) is 27.6. The standard InChI is InChI=1S/C4H7N.C2H6.CH3N/c1-3-4(2)5;2*1-2/h3,5H,1H2,2H3;1-2H3;2H,1H2. The molecule has 0 fully saturated rings. The normalized spacial score (nSPS) is 4.78. The lowest BCUT2D eigenvalue weighted by molar-refractivity contribution is 1.50. The Kier molecular flexibility index (Phi) is 48.1. The number of hydrogen-bond acceptors (Lipinski definition) is 2. The Bertz CT molecular complexity index is 67.3. The molecule has 54 valence electrons. The van der Waals surface area contributed by atoms with Crippen LogP contribution in [-0.2, 0) is 0 Å². The van der Waals surface area contributed by atoms with Gasteiger partial charge in [0, 0.05) is 5.71 Å². The van der Waals surface area contributed by atoms with Crippen LogP contribution in [0.1, 0.15) is 20.8 Å².